The summed E-state index contributed by atoms with van der Waals surface area (Å²) in [7, 11) is -7.73. The highest BCUT2D eigenvalue weighted by atomic mass is 32.2. The van der Waals surface area contributed by atoms with Gasteiger partial charge in [0.25, 0.3) is 10.1 Å². The quantitative estimate of drug-likeness (QED) is 0.490. The summed E-state index contributed by atoms with van der Waals surface area (Å²) in [6, 6.07) is 0. The topological polar surface area (TPSA) is 135 Å². The van der Waals surface area contributed by atoms with Crippen molar-refractivity contribution in [1.82, 2.24) is 5.32 Å². The number of imide groups is 1. The molecule has 1 aliphatic carbocycles. The molecule has 0 aromatic carbocycles. The zero-order chi connectivity index (χ0) is 15.8. The van der Waals surface area contributed by atoms with Crippen LogP contribution in [0, 0.1) is 11.8 Å². The average molecular weight is 339 g/mol. The second kappa shape index (κ2) is 5.65. The molecule has 1 saturated heterocycles. The van der Waals surface area contributed by atoms with Gasteiger partial charge in [0, 0.05) is 0 Å². The molecule has 0 spiro atoms. The molecule has 2 rings (SSSR count). The fourth-order valence-corrected chi connectivity index (χ4v) is 5.55. The van der Waals surface area contributed by atoms with Crippen LogP contribution in [0.1, 0.15) is 25.7 Å². The van der Waals surface area contributed by atoms with Gasteiger partial charge in [-0.2, -0.15) is 8.42 Å². The van der Waals surface area contributed by atoms with Crippen molar-refractivity contribution < 1.29 is 31.0 Å². The SMILES string of the molecule is O=C1NC(=O)C2CC(S(=O)(=O)CCCS(=O)(=O)O)CCC12. The first-order valence-electron chi connectivity index (χ1n) is 6.61. The number of hydrogen-bond donors (Lipinski definition) is 2. The standard InChI is InChI=1S/C11H17NO7S2/c13-10-8-3-2-7(6-9(8)11(14)12-10)20(15,16)4-1-5-21(17,18)19/h7-9H,1-6H2,(H,12,13,14)(H,17,18,19). The zero-order valence-corrected chi connectivity index (χ0v) is 12.8. The van der Waals surface area contributed by atoms with E-state index in [1.807, 2.05) is 0 Å². The molecular weight excluding hydrogens is 322 g/mol. The van der Waals surface area contributed by atoms with Crippen LogP contribution in [0.4, 0.5) is 0 Å². The molecule has 21 heavy (non-hydrogen) atoms. The molecule has 3 unspecified atom stereocenters. The van der Waals surface area contributed by atoms with Gasteiger partial charge in [0.15, 0.2) is 9.84 Å². The van der Waals surface area contributed by atoms with E-state index in [9.17, 15) is 26.4 Å². The highest BCUT2D eigenvalue weighted by Crippen LogP contribution is 2.37. The van der Waals surface area contributed by atoms with Crippen LogP contribution in [0.25, 0.3) is 0 Å². The third-order valence-electron chi connectivity index (χ3n) is 4.06. The first-order chi connectivity index (χ1) is 9.60. The molecule has 120 valence electrons. The van der Waals surface area contributed by atoms with Crippen LogP contribution in [0.15, 0.2) is 0 Å². The molecule has 2 amide bonds. The number of rotatable bonds is 5. The Morgan fingerprint density at radius 3 is 2.24 bits per heavy atom. The van der Waals surface area contributed by atoms with Gasteiger partial charge in [-0.15, -0.1) is 0 Å². The maximum absolute atomic E-state index is 12.2. The van der Waals surface area contributed by atoms with Crippen LogP contribution >= 0.6 is 0 Å². The molecule has 1 aliphatic heterocycles. The number of hydrogen-bond acceptors (Lipinski definition) is 6. The number of sulfone groups is 1. The average Bonchev–Trinajstić information content (AvgIpc) is 2.63. The monoisotopic (exact) mass is 339 g/mol. The van der Waals surface area contributed by atoms with E-state index in [2.05, 4.69) is 5.32 Å². The van der Waals surface area contributed by atoms with E-state index >= 15 is 0 Å². The van der Waals surface area contributed by atoms with Gasteiger partial charge in [-0.3, -0.25) is 19.5 Å². The van der Waals surface area contributed by atoms with Crippen molar-refractivity contribution >= 4 is 31.8 Å². The molecular formula is C11H17NO7S2. The summed E-state index contributed by atoms with van der Waals surface area (Å²) in [6.07, 6.45) is 0.536. The van der Waals surface area contributed by atoms with E-state index in [4.69, 9.17) is 4.55 Å². The van der Waals surface area contributed by atoms with E-state index in [0.717, 1.165) is 0 Å². The van der Waals surface area contributed by atoms with Crippen LogP contribution in [-0.4, -0.2) is 50.0 Å². The number of nitrogens with one attached hydrogen (secondary N) is 1. The molecule has 8 nitrogen and oxygen atoms in total. The normalized spacial score (nSPS) is 30.0. The van der Waals surface area contributed by atoms with Gasteiger partial charge in [-0.25, -0.2) is 8.42 Å². The van der Waals surface area contributed by atoms with Gasteiger partial charge in [0.2, 0.25) is 11.8 Å². The molecule has 3 atom stereocenters. The summed E-state index contributed by atoms with van der Waals surface area (Å²) in [4.78, 5) is 23.1. The highest BCUT2D eigenvalue weighted by molar-refractivity contribution is 7.92. The lowest BCUT2D eigenvalue weighted by atomic mass is 9.81. The van der Waals surface area contributed by atoms with Crippen LogP contribution in [0.5, 0.6) is 0 Å². The Hall–Kier alpha value is -1.00. The van der Waals surface area contributed by atoms with Gasteiger partial charge < -0.3 is 0 Å². The van der Waals surface area contributed by atoms with Crippen molar-refractivity contribution in [2.75, 3.05) is 11.5 Å². The van der Waals surface area contributed by atoms with E-state index in [0.29, 0.717) is 6.42 Å². The van der Waals surface area contributed by atoms with E-state index in [1.54, 1.807) is 0 Å². The Labute approximate surface area is 123 Å². The molecule has 2 fully saturated rings. The van der Waals surface area contributed by atoms with Gasteiger partial charge >= 0.3 is 0 Å². The molecule has 1 heterocycles. The minimum atomic E-state index is -4.18. The third kappa shape index (κ3) is 3.80. The van der Waals surface area contributed by atoms with Gasteiger partial charge in [0.05, 0.1) is 28.6 Å². The molecule has 2 aliphatic rings. The Morgan fingerprint density at radius 2 is 1.62 bits per heavy atom. The maximum atomic E-state index is 12.2. The molecule has 0 aromatic heterocycles. The molecule has 0 radical (unpaired) electrons. The summed E-state index contributed by atoms with van der Waals surface area (Å²) >= 11 is 0. The first kappa shape index (κ1) is 16.4. The lowest BCUT2D eigenvalue weighted by Gasteiger charge is -2.28. The molecule has 0 aromatic rings. The van der Waals surface area contributed by atoms with Crippen LogP contribution in [0.3, 0.4) is 0 Å². The first-order valence-corrected chi connectivity index (χ1v) is 9.94. The predicted molar refractivity (Wildman–Crippen MR) is 72.6 cm³/mol. The maximum Gasteiger partial charge on any atom is 0.264 e. The minimum absolute atomic E-state index is 0.0937. The minimum Gasteiger partial charge on any atom is -0.296 e. The van der Waals surface area contributed by atoms with Crippen molar-refractivity contribution in [1.29, 1.82) is 0 Å². The fourth-order valence-electron chi connectivity index (χ4n) is 2.98. The van der Waals surface area contributed by atoms with Crippen LogP contribution < -0.4 is 5.32 Å². The van der Waals surface area contributed by atoms with Crippen LogP contribution in [-0.2, 0) is 29.5 Å². The summed E-state index contributed by atoms with van der Waals surface area (Å²) in [5, 5.41) is 1.47. The lowest BCUT2D eigenvalue weighted by molar-refractivity contribution is -0.126. The number of carbonyl (C=O) groups is 2. The largest absolute Gasteiger partial charge is 0.296 e. The van der Waals surface area contributed by atoms with E-state index in [-0.39, 0.29) is 30.9 Å². The third-order valence-corrected chi connectivity index (χ3v) is 7.17. The van der Waals surface area contributed by atoms with Crippen molar-refractivity contribution in [2.45, 2.75) is 30.9 Å². The molecule has 1 saturated carbocycles. The van der Waals surface area contributed by atoms with E-state index < -0.39 is 48.7 Å². The zero-order valence-electron chi connectivity index (χ0n) is 11.2. The van der Waals surface area contributed by atoms with E-state index in [1.165, 1.54) is 0 Å². The molecule has 2 N–H and O–H groups in total. The fraction of sp³-hybridized carbons (Fsp3) is 0.818. The van der Waals surface area contributed by atoms with Gasteiger partial charge in [-0.1, -0.05) is 0 Å². The van der Waals surface area contributed by atoms with Crippen LogP contribution in [0.2, 0.25) is 0 Å². The van der Waals surface area contributed by atoms with Gasteiger partial charge in [0.1, 0.15) is 0 Å². The summed E-state index contributed by atoms with van der Waals surface area (Å²) in [6.45, 7) is 0. The Morgan fingerprint density at radius 1 is 1.00 bits per heavy atom. The Balaban J connectivity index is 1.99. The number of fused-ring (bicyclic) bond motifs is 1. The van der Waals surface area contributed by atoms with Gasteiger partial charge in [-0.05, 0) is 25.7 Å². The lowest BCUT2D eigenvalue weighted by Crippen LogP contribution is -2.36. The predicted octanol–water partition coefficient (Wildman–Crippen LogP) is -0.880. The summed E-state index contributed by atoms with van der Waals surface area (Å²) < 4.78 is 54.1. The molecule has 0 bridgehead atoms. The second-order valence-corrected chi connectivity index (χ2v) is 9.48. The highest BCUT2D eigenvalue weighted by Gasteiger charge is 2.47. The number of carbonyl (C=O) groups excluding carboxylic acids is 2. The second-order valence-electron chi connectivity index (χ2n) is 5.51. The Kier molecular flexibility index (Phi) is 4.41. The smallest absolute Gasteiger partial charge is 0.264 e. The molecule has 10 heteroatoms. The summed E-state index contributed by atoms with van der Waals surface area (Å²) in [5.41, 5.74) is 0. The summed E-state index contributed by atoms with van der Waals surface area (Å²) in [5.74, 6) is -2.78. The van der Waals surface area contributed by atoms with Crippen molar-refractivity contribution in [3.05, 3.63) is 0 Å². The van der Waals surface area contributed by atoms with Crippen molar-refractivity contribution in [3.8, 4) is 0 Å². The Bertz CT molecular complexity index is 652. The van der Waals surface area contributed by atoms with Crippen molar-refractivity contribution in [2.24, 2.45) is 11.8 Å². The van der Waals surface area contributed by atoms with Crippen molar-refractivity contribution in [3.63, 3.8) is 0 Å². The number of amides is 2.